The highest BCUT2D eigenvalue weighted by Crippen LogP contribution is 2.64. The van der Waals surface area contributed by atoms with Crippen molar-refractivity contribution in [3.05, 3.63) is 64.5 Å². The minimum atomic E-state index is -1.28. The van der Waals surface area contributed by atoms with Gasteiger partial charge in [-0.3, -0.25) is 24.1 Å². The van der Waals surface area contributed by atoms with E-state index >= 15 is 0 Å². The SMILES string of the molecule is CCOc1cc(C2C3=CCC4C(=O)N(C5CCCCC5)C(=O)C4C3CC3C(=O)N(c4ccc(F)c(Cl)c4)C(=O)C32C)ccc1O. The first-order valence-electron chi connectivity index (χ1n) is 15.9. The number of allylic oxidation sites excluding steroid dienone is 2. The molecule has 2 aromatic rings. The third kappa shape index (κ3) is 4.37. The summed E-state index contributed by atoms with van der Waals surface area (Å²) in [6, 6.07) is 8.62. The van der Waals surface area contributed by atoms with Gasteiger partial charge >= 0.3 is 0 Å². The predicted molar refractivity (Wildman–Crippen MR) is 164 cm³/mol. The van der Waals surface area contributed by atoms with Crippen molar-refractivity contribution >= 4 is 40.9 Å². The molecule has 4 amide bonds. The standard InChI is InChI=1S/C35H36ClFN2O6/c1-3-45-28-15-18(9-14-27(28)40)30-21-11-12-22-29(33(43)38(31(22)41)19-7-5-4-6-8-19)23(21)17-24-32(42)39(34(44)35(24,30)2)20-10-13-26(37)25(36)16-20/h9-11,13-16,19,22-24,29-30,40H,3-8,12,17H2,1-2H3. The number of fused-ring (bicyclic) bond motifs is 4. The van der Waals surface area contributed by atoms with Gasteiger partial charge in [0.2, 0.25) is 23.6 Å². The lowest BCUT2D eigenvalue weighted by atomic mass is 9.51. The molecule has 6 atom stereocenters. The Bertz CT molecular complexity index is 1650. The smallest absolute Gasteiger partial charge is 0.241 e. The zero-order valence-corrected chi connectivity index (χ0v) is 26.1. The highest BCUT2D eigenvalue weighted by molar-refractivity contribution is 6.31. The van der Waals surface area contributed by atoms with E-state index in [1.54, 1.807) is 26.0 Å². The molecule has 0 radical (unpaired) electrons. The van der Waals surface area contributed by atoms with Crippen LogP contribution in [0.3, 0.4) is 0 Å². The number of hydrogen-bond donors (Lipinski definition) is 1. The van der Waals surface area contributed by atoms with E-state index in [0.29, 0.717) is 18.6 Å². The maximum absolute atomic E-state index is 14.5. The molecule has 2 aromatic carbocycles. The summed E-state index contributed by atoms with van der Waals surface area (Å²) in [4.78, 5) is 59.5. The van der Waals surface area contributed by atoms with Crippen molar-refractivity contribution in [3.8, 4) is 11.5 Å². The number of phenolic OH excluding ortho intramolecular Hbond substituents is 1. The highest BCUT2D eigenvalue weighted by Gasteiger charge is 2.67. The first kappa shape index (κ1) is 30.0. The summed E-state index contributed by atoms with van der Waals surface area (Å²) in [5, 5.41) is 10.3. The van der Waals surface area contributed by atoms with E-state index in [1.165, 1.54) is 23.1 Å². The number of carbonyl (C=O) groups is 4. The Morgan fingerprint density at radius 2 is 1.76 bits per heavy atom. The van der Waals surface area contributed by atoms with Crippen LogP contribution in [0.2, 0.25) is 5.02 Å². The summed E-state index contributed by atoms with van der Waals surface area (Å²) in [5.74, 6) is -4.69. The lowest BCUT2D eigenvalue weighted by Crippen LogP contribution is -2.49. The third-order valence-corrected chi connectivity index (χ3v) is 11.3. The zero-order chi connectivity index (χ0) is 31.8. The van der Waals surface area contributed by atoms with Gasteiger partial charge in [0.05, 0.1) is 40.5 Å². The summed E-state index contributed by atoms with van der Waals surface area (Å²) in [6.45, 7) is 3.89. The first-order valence-corrected chi connectivity index (χ1v) is 16.3. The van der Waals surface area contributed by atoms with Gasteiger partial charge in [-0.2, -0.15) is 0 Å². The van der Waals surface area contributed by atoms with Crippen LogP contribution in [0.25, 0.3) is 0 Å². The topological polar surface area (TPSA) is 104 Å². The molecule has 6 unspecified atom stereocenters. The molecule has 1 N–H and O–H groups in total. The van der Waals surface area contributed by atoms with Crippen molar-refractivity contribution in [1.82, 2.24) is 4.90 Å². The lowest BCUT2D eigenvalue weighted by Gasteiger charge is -2.49. The number of benzene rings is 2. The number of nitrogens with zero attached hydrogens (tertiary/aromatic N) is 2. The molecule has 3 aliphatic carbocycles. The molecule has 0 aromatic heterocycles. The second-order valence-corrected chi connectivity index (χ2v) is 13.7. The number of rotatable bonds is 5. The van der Waals surface area contributed by atoms with E-state index in [4.69, 9.17) is 16.3 Å². The molecule has 8 nitrogen and oxygen atoms in total. The van der Waals surface area contributed by atoms with Gasteiger partial charge in [-0.25, -0.2) is 9.29 Å². The second kappa shape index (κ2) is 11.0. The van der Waals surface area contributed by atoms with Crippen LogP contribution >= 0.6 is 11.6 Å². The molecule has 0 bridgehead atoms. The third-order valence-electron chi connectivity index (χ3n) is 11.0. The number of ether oxygens (including phenoxy) is 1. The minimum Gasteiger partial charge on any atom is -0.504 e. The second-order valence-electron chi connectivity index (χ2n) is 13.3. The number of aromatic hydroxyl groups is 1. The normalized spacial score (nSPS) is 31.6. The Balaban J connectivity index is 1.36. The molecule has 4 fully saturated rings. The number of halogens is 2. The van der Waals surface area contributed by atoms with Crippen molar-refractivity contribution in [2.45, 2.75) is 70.8 Å². The number of hydrogen-bond acceptors (Lipinski definition) is 6. The van der Waals surface area contributed by atoms with Crippen LogP contribution in [-0.2, 0) is 19.2 Å². The van der Waals surface area contributed by atoms with Gasteiger partial charge in [-0.1, -0.05) is 48.6 Å². The Morgan fingerprint density at radius 1 is 1.00 bits per heavy atom. The Kier molecular flexibility index (Phi) is 7.30. The van der Waals surface area contributed by atoms with Crippen LogP contribution in [0.4, 0.5) is 10.1 Å². The molecule has 2 saturated carbocycles. The summed E-state index contributed by atoms with van der Waals surface area (Å²) < 4.78 is 19.8. The summed E-state index contributed by atoms with van der Waals surface area (Å²) in [5.41, 5.74) is 0.425. The maximum Gasteiger partial charge on any atom is 0.241 e. The molecule has 2 saturated heterocycles. The van der Waals surface area contributed by atoms with E-state index in [1.807, 2.05) is 6.08 Å². The number of imide groups is 2. The number of amides is 4. The van der Waals surface area contributed by atoms with Crippen molar-refractivity contribution in [2.75, 3.05) is 11.5 Å². The van der Waals surface area contributed by atoms with Gasteiger partial charge in [0, 0.05) is 12.0 Å². The van der Waals surface area contributed by atoms with E-state index in [2.05, 4.69) is 0 Å². The number of likely N-dealkylation sites (tertiary alicyclic amines) is 1. The number of anilines is 1. The Labute approximate surface area is 266 Å². The van der Waals surface area contributed by atoms with Crippen LogP contribution in [-0.4, -0.2) is 46.3 Å². The average Bonchev–Trinajstić information content (AvgIpc) is 3.40. The Hall–Kier alpha value is -3.72. The first-order chi connectivity index (χ1) is 21.6. The fraction of sp³-hybridized carbons (Fsp3) is 0.486. The predicted octanol–water partition coefficient (Wildman–Crippen LogP) is 6.15. The van der Waals surface area contributed by atoms with Crippen LogP contribution < -0.4 is 9.64 Å². The fourth-order valence-corrected chi connectivity index (χ4v) is 9.15. The fourth-order valence-electron chi connectivity index (χ4n) is 8.97. The van der Waals surface area contributed by atoms with Gasteiger partial charge in [0.15, 0.2) is 11.5 Å². The number of carbonyl (C=O) groups excluding carboxylic acids is 4. The van der Waals surface area contributed by atoms with Crippen molar-refractivity contribution in [2.24, 2.45) is 29.1 Å². The van der Waals surface area contributed by atoms with Gasteiger partial charge < -0.3 is 9.84 Å². The molecule has 10 heteroatoms. The molecule has 2 heterocycles. The van der Waals surface area contributed by atoms with Gasteiger partial charge in [0.25, 0.3) is 0 Å². The largest absolute Gasteiger partial charge is 0.504 e. The van der Waals surface area contributed by atoms with Crippen molar-refractivity contribution in [3.63, 3.8) is 0 Å². The van der Waals surface area contributed by atoms with Crippen LogP contribution in [0.1, 0.15) is 70.3 Å². The minimum absolute atomic E-state index is 0.0524. The molecule has 0 spiro atoms. The maximum atomic E-state index is 14.5. The van der Waals surface area contributed by atoms with E-state index in [-0.39, 0.29) is 46.5 Å². The van der Waals surface area contributed by atoms with Crippen LogP contribution in [0.15, 0.2) is 48.0 Å². The van der Waals surface area contributed by atoms with E-state index in [9.17, 15) is 28.7 Å². The highest BCUT2D eigenvalue weighted by atomic mass is 35.5. The lowest BCUT2D eigenvalue weighted by molar-refractivity contribution is -0.144. The molecule has 236 valence electrons. The molecule has 45 heavy (non-hydrogen) atoms. The van der Waals surface area contributed by atoms with E-state index < -0.39 is 52.6 Å². The quantitative estimate of drug-likeness (QED) is 0.313. The summed E-state index contributed by atoms with van der Waals surface area (Å²) in [7, 11) is 0. The molecular weight excluding hydrogens is 599 g/mol. The molecule has 7 rings (SSSR count). The van der Waals surface area contributed by atoms with Crippen LogP contribution in [0, 0.1) is 34.9 Å². The molecule has 5 aliphatic rings. The molecule has 2 aliphatic heterocycles. The van der Waals surface area contributed by atoms with Crippen molar-refractivity contribution in [1.29, 1.82) is 0 Å². The summed E-state index contributed by atoms with van der Waals surface area (Å²) >= 11 is 6.08. The summed E-state index contributed by atoms with van der Waals surface area (Å²) in [6.07, 6.45) is 7.28. The zero-order valence-electron chi connectivity index (χ0n) is 25.3. The van der Waals surface area contributed by atoms with Crippen LogP contribution in [0.5, 0.6) is 11.5 Å². The van der Waals surface area contributed by atoms with Gasteiger partial charge in [0.1, 0.15) is 5.82 Å². The molecular formula is C35H36ClFN2O6. The van der Waals surface area contributed by atoms with Gasteiger partial charge in [-0.05, 0) is 81.3 Å². The Morgan fingerprint density at radius 3 is 2.47 bits per heavy atom. The monoisotopic (exact) mass is 634 g/mol. The van der Waals surface area contributed by atoms with Crippen molar-refractivity contribution < 1.29 is 33.4 Å². The average molecular weight is 635 g/mol. The van der Waals surface area contributed by atoms with E-state index in [0.717, 1.165) is 48.6 Å². The van der Waals surface area contributed by atoms with Gasteiger partial charge in [-0.15, -0.1) is 0 Å². The number of phenols is 1.